The molecule has 0 saturated carbocycles. The van der Waals surface area contributed by atoms with Gasteiger partial charge in [0.15, 0.2) is 16.6 Å². The predicted molar refractivity (Wildman–Crippen MR) is 116 cm³/mol. The van der Waals surface area contributed by atoms with E-state index in [-0.39, 0.29) is 12.7 Å². The van der Waals surface area contributed by atoms with E-state index < -0.39 is 0 Å². The van der Waals surface area contributed by atoms with Gasteiger partial charge in [-0.3, -0.25) is 4.79 Å². The summed E-state index contributed by atoms with van der Waals surface area (Å²) in [6, 6.07) is 9.23. The fourth-order valence-electron chi connectivity index (χ4n) is 2.91. The fourth-order valence-corrected chi connectivity index (χ4v) is 3.08. The number of nitrogens with one attached hydrogen (secondary N) is 4. The Balaban J connectivity index is 1.16. The molecule has 0 spiro atoms. The summed E-state index contributed by atoms with van der Waals surface area (Å²) in [6.07, 6.45) is 3.61. The Morgan fingerprint density at radius 3 is 2.93 bits per heavy atom. The second-order valence-corrected chi connectivity index (χ2v) is 6.80. The number of H-pyrrole nitrogens is 1. The fraction of sp³-hybridized carbons (Fsp3) is 0.190. The Bertz CT molecular complexity index is 1150. The molecular formula is C21H19N5O3S. The maximum Gasteiger partial charge on any atom is 0.296 e. The molecule has 2 aromatic heterocycles. The molecule has 1 aliphatic rings. The molecule has 0 fully saturated rings. The molecule has 9 heteroatoms. The van der Waals surface area contributed by atoms with Gasteiger partial charge in [0.1, 0.15) is 5.65 Å². The van der Waals surface area contributed by atoms with E-state index in [1.54, 1.807) is 24.4 Å². The van der Waals surface area contributed by atoms with Crippen molar-refractivity contribution >= 4 is 34.3 Å². The third kappa shape index (κ3) is 4.79. The van der Waals surface area contributed by atoms with E-state index >= 15 is 0 Å². The van der Waals surface area contributed by atoms with Crippen LogP contribution < -0.4 is 25.4 Å². The van der Waals surface area contributed by atoms with Crippen molar-refractivity contribution in [2.24, 2.45) is 0 Å². The van der Waals surface area contributed by atoms with E-state index in [0.29, 0.717) is 41.8 Å². The first-order valence-corrected chi connectivity index (χ1v) is 9.72. The van der Waals surface area contributed by atoms with E-state index in [1.165, 1.54) is 0 Å². The average molecular weight is 421 g/mol. The second-order valence-electron chi connectivity index (χ2n) is 6.39. The van der Waals surface area contributed by atoms with Gasteiger partial charge in [-0.2, -0.15) is 0 Å². The maximum absolute atomic E-state index is 11.9. The first-order chi connectivity index (χ1) is 14.7. The Kier molecular flexibility index (Phi) is 5.96. The molecule has 3 aromatic rings. The van der Waals surface area contributed by atoms with Crippen LogP contribution >= 0.6 is 12.2 Å². The third-order valence-corrected chi connectivity index (χ3v) is 4.67. The van der Waals surface area contributed by atoms with Crippen LogP contribution in [0.25, 0.3) is 11.0 Å². The van der Waals surface area contributed by atoms with Crippen LogP contribution in [0.1, 0.15) is 11.1 Å². The van der Waals surface area contributed by atoms with Crippen molar-refractivity contribution in [3.05, 3.63) is 53.9 Å². The van der Waals surface area contributed by atoms with Gasteiger partial charge in [0.2, 0.25) is 6.79 Å². The van der Waals surface area contributed by atoms with Crippen LogP contribution in [0, 0.1) is 11.8 Å². The quantitative estimate of drug-likeness (QED) is 0.281. The highest BCUT2D eigenvalue weighted by Crippen LogP contribution is 2.32. The van der Waals surface area contributed by atoms with Gasteiger partial charge in [-0.1, -0.05) is 5.92 Å². The zero-order chi connectivity index (χ0) is 20.8. The number of aromatic amines is 1. The number of aromatic nitrogens is 2. The van der Waals surface area contributed by atoms with Crippen LogP contribution in [-0.4, -0.2) is 40.9 Å². The largest absolute Gasteiger partial charge is 0.454 e. The number of carbonyl (C=O) groups excluding carboxylic acids is 1. The summed E-state index contributed by atoms with van der Waals surface area (Å²) in [5.41, 5.74) is 2.63. The highest BCUT2D eigenvalue weighted by atomic mass is 32.1. The van der Waals surface area contributed by atoms with E-state index in [9.17, 15) is 4.79 Å². The van der Waals surface area contributed by atoms with Gasteiger partial charge in [-0.05, 0) is 48.1 Å². The molecule has 1 aromatic carbocycles. The van der Waals surface area contributed by atoms with Crippen LogP contribution in [0.15, 0.2) is 42.7 Å². The Hall–Kier alpha value is -3.77. The van der Waals surface area contributed by atoms with Crippen molar-refractivity contribution in [3.63, 3.8) is 0 Å². The lowest BCUT2D eigenvalue weighted by atomic mass is 10.2. The van der Waals surface area contributed by atoms with Crippen LogP contribution in [0.5, 0.6) is 11.5 Å². The van der Waals surface area contributed by atoms with E-state index in [1.807, 2.05) is 18.3 Å². The van der Waals surface area contributed by atoms with Gasteiger partial charge >= 0.3 is 0 Å². The Labute approximate surface area is 178 Å². The SMILES string of the molecule is O=C(C#Cc1ccc2c(c1)OCO2)NCCNC(=S)NCc1ccnc2[nH]ccc12. The Morgan fingerprint density at radius 2 is 2.00 bits per heavy atom. The molecule has 0 saturated heterocycles. The van der Waals surface area contributed by atoms with Gasteiger partial charge in [-0.15, -0.1) is 0 Å². The van der Waals surface area contributed by atoms with Gasteiger partial charge in [0.05, 0.1) is 0 Å². The number of fused-ring (bicyclic) bond motifs is 2. The summed E-state index contributed by atoms with van der Waals surface area (Å²) in [6.45, 7) is 1.67. The molecule has 1 aliphatic heterocycles. The standard InChI is InChI=1S/C21H19N5O3S/c27-19(4-2-14-1-3-17-18(11-14)29-13-28-17)22-9-10-25-21(30)26-12-15-5-7-23-20-16(15)6-8-24-20/h1,3,5-8,11H,9-10,12-13H2,(H,22,27)(H,23,24)(H2,25,26,30). The minimum Gasteiger partial charge on any atom is -0.454 e. The van der Waals surface area contributed by atoms with Crippen molar-refractivity contribution in [1.82, 2.24) is 25.9 Å². The minimum atomic E-state index is -0.361. The summed E-state index contributed by atoms with van der Waals surface area (Å²) in [7, 11) is 0. The number of hydrogen-bond acceptors (Lipinski definition) is 5. The molecule has 3 heterocycles. The topological polar surface area (TPSA) is 100 Å². The predicted octanol–water partition coefficient (Wildman–Crippen LogP) is 1.42. The lowest BCUT2D eigenvalue weighted by Gasteiger charge is -2.11. The number of thiocarbonyl (C=S) groups is 1. The highest BCUT2D eigenvalue weighted by molar-refractivity contribution is 7.80. The summed E-state index contributed by atoms with van der Waals surface area (Å²) in [5.74, 6) is 6.33. The highest BCUT2D eigenvalue weighted by Gasteiger charge is 2.12. The summed E-state index contributed by atoms with van der Waals surface area (Å²) < 4.78 is 10.5. The number of benzene rings is 1. The number of nitrogens with zero attached hydrogens (tertiary/aromatic N) is 1. The first-order valence-electron chi connectivity index (χ1n) is 9.31. The van der Waals surface area contributed by atoms with E-state index in [4.69, 9.17) is 21.7 Å². The smallest absolute Gasteiger partial charge is 0.296 e. The lowest BCUT2D eigenvalue weighted by Crippen LogP contribution is -2.39. The van der Waals surface area contributed by atoms with Crippen LogP contribution in [0.3, 0.4) is 0 Å². The number of carbonyl (C=O) groups is 1. The molecule has 0 bridgehead atoms. The van der Waals surface area contributed by atoms with Gasteiger partial charge in [0, 0.05) is 48.9 Å². The normalized spacial score (nSPS) is 11.5. The second kappa shape index (κ2) is 9.15. The van der Waals surface area contributed by atoms with E-state index in [0.717, 1.165) is 16.6 Å². The summed E-state index contributed by atoms with van der Waals surface area (Å²) >= 11 is 5.28. The Morgan fingerprint density at radius 1 is 1.13 bits per heavy atom. The lowest BCUT2D eigenvalue weighted by molar-refractivity contribution is -0.115. The molecule has 0 unspecified atom stereocenters. The van der Waals surface area contributed by atoms with Crippen molar-refractivity contribution < 1.29 is 14.3 Å². The molecule has 30 heavy (non-hydrogen) atoms. The zero-order valence-electron chi connectivity index (χ0n) is 16.0. The maximum atomic E-state index is 11.9. The zero-order valence-corrected chi connectivity index (χ0v) is 16.8. The van der Waals surface area contributed by atoms with Crippen LogP contribution in [0.2, 0.25) is 0 Å². The van der Waals surface area contributed by atoms with Crippen molar-refractivity contribution in [2.75, 3.05) is 19.9 Å². The molecule has 8 nitrogen and oxygen atoms in total. The van der Waals surface area contributed by atoms with Gasteiger partial charge in [-0.25, -0.2) is 4.98 Å². The van der Waals surface area contributed by atoms with Crippen LogP contribution in [-0.2, 0) is 11.3 Å². The van der Waals surface area contributed by atoms with E-state index in [2.05, 4.69) is 37.8 Å². The van der Waals surface area contributed by atoms with Crippen molar-refractivity contribution in [2.45, 2.75) is 6.54 Å². The monoisotopic (exact) mass is 421 g/mol. The molecule has 0 atom stereocenters. The minimum absolute atomic E-state index is 0.204. The number of hydrogen-bond donors (Lipinski definition) is 4. The first kappa shape index (κ1) is 19.5. The number of pyridine rings is 1. The van der Waals surface area contributed by atoms with Gasteiger partial charge in [0.25, 0.3) is 5.91 Å². The summed E-state index contributed by atoms with van der Waals surface area (Å²) in [5, 5.41) is 10.5. The van der Waals surface area contributed by atoms with Crippen molar-refractivity contribution in [1.29, 1.82) is 0 Å². The summed E-state index contributed by atoms with van der Waals surface area (Å²) in [4.78, 5) is 19.2. The van der Waals surface area contributed by atoms with Crippen molar-refractivity contribution in [3.8, 4) is 23.3 Å². The molecular weight excluding hydrogens is 402 g/mol. The molecule has 1 amide bonds. The molecule has 4 rings (SSSR count). The van der Waals surface area contributed by atoms with Crippen LogP contribution in [0.4, 0.5) is 0 Å². The third-order valence-electron chi connectivity index (χ3n) is 4.38. The molecule has 4 N–H and O–H groups in total. The molecule has 0 radical (unpaired) electrons. The number of amides is 1. The number of rotatable bonds is 5. The number of ether oxygens (including phenoxy) is 2. The average Bonchev–Trinajstić information content (AvgIpc) is 3.42. The molecule has 152 valence electrons. The van der Waals surface area contributed by atoms with Gasteiger partial charge < -0.3 is 30.4 Å². The molecule has 0 aliphatic carbocycles.